The fourth-order valence-corrected chi connectivity index (χ4v) is 4.70. The van der Waals surface area contributed by atoms with Gasteiger partial charge in [0, 0.05) is 53.4 Å². The standard InChI is InChI=1S/C22H27N3OS/c1-16-15-20(16)21-9-7-19(27-21)8-10-22(26)23-17-3-5-18(6-4-17)25-13-11-24(2)12-14-25/h3-10,16,20H,11-15H2,1-2H3,(H,23,26). The lowest BCUT2D eigenvalue weighted by molar-refractivity contribution is -0.111. The molecule has 1 saturated heterocycles. The molecule has 4 rings (SSSR count). The molecule has 2 unspecified atom stereocenters. The molecule has 27 heavy (non-hydrogen) atoms. The SMILES string of the molecule is CC1CC1c1ccc(C=CC(=O)Nc2ccc(N3CCN(C)CC3)cc2)s1. The summed E-state index contributed by atoms with van der Waals surface area (Å²) < 4.78 is 0. The molecule has 2 atom stereocenters. The first kappa shape index (κ1) is 18.3. The number of thiophene rings is 1. The number of anilines is 2. The monoisotopic (exact) mass is 381 g/mol. The number of rotatable bonds is 5. The number of nitrogens with one attached hydrogen (secondary N) is 1. The molecule has 1 N–H and O–H groups in total. The second kappa shape index (κ2) is 7.87. The lowest BCUT2D eigenvalue weighted by Gasteiger charge is -2.34. The molecule has 1 amide bonds. The summed E-state index contributed by atoms with van der Waals surface area (Å²) in [6.07, 6.45) is 4.84. The van der Waals surface area contributed by atoms with Crippen molar-refractivity contribution in [1.82, 2.24) is 4.90 Å². The second-order valence-electron chi connectivity index (χ2n) is 7.72. The van der Waals surface area contributed by atoms with Crippen LogP contribution in [0.2, 0.25) is 0 Å². The van der Waals surface area contributed by atoms with E-state index in [2.05, 4.69) is 53.4 Å². The van der Waals surface area contributed by atoms with Crippen LogP contribution in [0, 0.1) is 5.92 Å². The van der Waals surface area contributed by atoms with E-state index in [4.69, 9.17) is 0 Å². The van der Waals surface area contributed by atoms with Crippen molar-refractivity contribution >= 4 is 34.7 Å². The van der Waals surface area contributed by atoms with E-state index in [0.717, 1.165) is 48.6 Å². The van der Waals surface area contributed by atoms with Crippen LogP contribution in [-0.4, -0.2) is 44.0 Å². The van der Waals surface area contributed by atoms with Crippen LogP contribution in [0.15, 0.2) is 42.5 Å². The number of hydrogen-bond donors (Lipinski definition) is 1. The maximum atomic E-state index is 12.2. The smallest absolute Gasteiger partial charge is 0.248 e. The van der Waals surface area contributed by atoms with Gasteiger partial charge in [-0.15, -0.1) is 11.3 Å². The molecule has 1 saturated carbocycles. The summed E-state index contributed by atoms with van der Waals surface area (Å²) in [5.74, 6) is 1.47. The van der Waals surface area contributed by atoms with E-state index in [1.807, 2.05) is 18.2 Å². The van der Waals surface area contributed by atoms with Crippen molar-refractivity contribution in [3.05, 3.63) is 52.2 Å². The van der Waals surface area contributed by atoms with Crippen molar-refractivity contribution in [3.8, 4) is 0 Å². The molecule has 2 aromatic rings. The Hall–Kier alpha value is -2.11. The van der Waals surface area contributed by atoms with Crippen LogP contribution >= 0.6 is 11.3 Å². The molecule has 2 aliphatic rings. The topological polar surface area (TPSA) is 35.6 Å². The van der Waals surface area contributed by atoms with Gasteiger partial charge in [-0.25, -0.2) is 0 Å². The molecule has 0 radical (unpaired) electrons. The maximum Gasteiger partial charge on any atom is 0.248 e. The molecule has 1 aliphatic carbocycles. The van der Waals surface area contributed by atoms with Crippen molar-refractivity contribution in [1.29, 1.82) is 0 Å². The number of hydrogen-bond acceptors (Lipinski definition) is 4. The van der Waals surface area contributed by atoms with E-state index >= 15 is 0 Å². The molecule has 0 spiro atoms. The number of benzene rings is 1. The zero-order chi connectivity index (χ0) is 18.8. The van der Waals surface area contributed by atoms with Gasteiger partial charge in [-0.2, -0.15) is 0 Å². The quantitative estimate of drug-likeness (QED) is 0.786. The van der Waals surface area contributed by atoms with E-state index in [9.17, 15) is 4.79 Å². The van der Waals surface area contributed by atoms with E-state index in [-0.39, 0.29) is 5.91 Å². The number of amides is 1. The molecule has 5 heteroatoms. The van der Waals surface area contributed by atoms with Crippen molar-refractivity contribution < 1.29 is 4.79 Å². The normalized spacial score (nSPS) is 23.0. The third-order valence-corrected chi connectivity index (χ3v) is 6.71. The summed E-state index contributed by atoms with van der Waals surface area (Å²) in [5.41, 5.74) is 2.05. The van der Waals surface area contributed by atoms with Crippen molar-refractivity contribution in [2.24, 2.45) is 5.92 Å². The minimum atomic E-state index is -0.0860. The second-order valence-corrected chi connectivity index (χ2v) is 8.87. The largest absolute Gasteiger partial charge is 0.369 e. The van der Waals surface area contributed by atoms with Gasteiger partial charge in [0.15, 0.2) is 0 Å². The summed E-state index contributed by atoms with van der Waals surface area (Å²) in [7, 11) is 2.16. The number of carbonyl (C=O) groups excluding carboxylic acids is 1. The van der Waals surface area contributed by atoms with Gasteiger partial charge in [-0.3, -0.25) is 4.79 Å². The van der Waals surface area contributed by atoms with Gasteiger partial charge in [0.05, 0.1) is 0 Å². The third-order valence-electron chi connectivity index (χ3n) is 5.52. The fourth-order valence-electron chi connectivity index (χ4n) is 3.54. The number of nitrogens with zero attached hydrogens (tertiary/aromatic N) is 2. The fraction of sp³-hybridized carbons (Fsp3) is 0.409. The highest BCUT2D eigenvalue weighted by Crippen LogP contribution is 2.49. The highest BCUT2D eigenvalue weighted by Gasteiger charge is 2.34. The molecular weight excluding hydrogens is 354 g/mol. The van der Waals surface area contributed by atoms with Crippen molar-refractivity contribution in [3.63, 3.8) is 0 Å². The van der Waals surface area contributed by atoms with Crippen LogP contribution < -0.4 is 10.2 Å². The number of likely N-dealkylation sites (N-methyl/N-ethyl adjacent to an activating group) is 1. The first-order valence-electron chi connectivity index (χ1n) is 9.71. The summed E-state index contributed by atoms with van der Waals surface area (Å²) in [5, 5.41) is 2.95. The lowest BCUT2D eigenvalue weighted by atomic mass is 10.2. The highest BCUT2D eigenvalue weighted by atomic mass is 32.1. The Balaban J connectivity index is 1.30. The van der Waals surface area contributed by atoms with Gasteiger partial charge in [-0.1, -0.05) is 6.92 Å². The molecular formula is C22H27N3OS. The van der Waals surface area contributed by atoms with Crippen molar-refractivity contribution in [2.75, 3.05) is 43.4 Å². The zero-order valence-corrected chi connectivity index (χ0v) is 16.8. The molecule has 142 valence electrons. The van der Waals surface area contributed by atoms with Crippen LogP contribution in [0.4, 0.5) is 11.4 Å². The summed E-state index contributed by atoms with van der Waals surface area (Å²) in [6.45, 7) is 6.57. The van der Waals surface area contributed by atoms with E-state index in [0.29, 0.717) is 0 Å². The zero-order valence-electron chi connectivity index (χ0n) is 16.0. The van der Waals surface area contributed by atoms with E-state index in [1.54, 1.807) is 17.4 Å². The van der Waals surface area contributed by atoms with Gasteiger partial charge in [-0.05, 0) is 67.8 Å². The molecule has 1 aromatic heterocycles. The Labute approximate surface area is 165 Å². The highest BCUT2D eigenvalue weighted by molar-refractivity contribution is 7.13. The first-order valence-corrected chi connectivity index (χ1v) is 10.5. The van der Waals surface area contributed by atoms with Crippen LogP contribution in [0.25, 0.3) is 6.08 Å². The average Bonchev–Trinajstić information content (AvgIpc) is 3.22. The van der Waals surface area contributed by atoms with Crippen LogP contribution in [0.5, 0.6) is 0 Å². The Bertz CT molecular complexity index is 818. The minimum Gasteiger partial charge on any atom is -0.369 e. The molecule has 4 nitrogen and oxygen atoms in total. The Morgan fingerprint density at radius 2 is 1.81 bits per heavy atom. The summed E-state index contributed by atoms with van der Waals surface area (Å²) in [4.78, 5) is 19.5. The molecule has 1 aromatic carbocycles. The Morgan fingerprint density at radius 3 is 2.48 bits per heavy atom. The number of carbonyl (C=O) groups is 1. The average molecular weight is 382 g/mol. The molecule has 0 bridgehead atoms. The molecule has 2 fully saturated rings. The Kier molecular flexibility index (Phi) is 5.32. The summed E-state index contributed by atoms with van der Waals surface area (Å²) in [6, 6.07) is 12.5. The van der Waals surface area contributed by atoms with Crippen LogP contribution in [0.3, 0.4) is 0 Å². The summed E-state index contributed by atoms with van der Waals surface area (Å²) >= 11 is 1.80. The molecule has 2 heterocycles. The van der Waals surface area contributed by atoms with E-state index < -0.39 is 0 Å². The van der Waals surface area contributed by atoms with Crippen LogP contribution in [-0.2, 0) is 4.79 Å². The minimum absolute atomic E-state index is 0.0860. The van der Waals surface area contributed by atoms with Gasteiger partial charge >= 0.3 is 0 Å². The van der Waals surface area contributed by atoms with Gasteiger partial charge < -0.3 is 15.1 Å². The molecule has 1 aliphatic heterocycles. The third kappa shape index (κ3) is 4.60. The number of piperazine rings is 1. The van der Waals surface area contributed by atoms with E-state index in [1.165, 1.54) is 17.0 Å². The predicted molar refractivity (Wildman–Crippen MR) is 115 cm³/mol. The van der Waals surface area contributed by atoms with Crippen LogP contribution in [0.1, 0.15) is 29.0 Å². The van der Waals surface area contributed by atoms with Gasteiger partial charge in [0.1, 0.15) is 0 Å². The first-order chi connectivity index (χ1) is 13.1. The Morgan fingerprint density at radius 1 is 1.11 bits per heavy atom. The van der Waals surface area contributed by atoms with Crippen molar-refractivity contribution in [2.45, 2.75) is 19.3 Å². The maximum absolute atomic E-state index is 12.2. The predicted octanol–water partition coefficient (Wildman–Crippen LogP) is 4.28. The lowest BCUT2D eigenvalue weighted by Crippen LogP contribution is -2.44. The van der Waals surface area contributed by atoms with Gasteiger partial charge in [0.2, 0.25) is 5.91 Å². The van der Waals surface area contributed by atoms with Gasteiger partial charge in [0.25, 0.3) is 0 Å².